The molecule has 1 N–H and O–H groups in total. The molecule has 2 aromatic carbocycles. The maximum Gasteiger partial charge on any atom is 0.407 e. The van der Waals surface area contributed by atoms with E-state index in [0.717, 1.165) is 43.6 Å². The lowest BCUT2D eigenvalue weighted by Gasteiger charge is -2.32. The number of carbonyl (C=O) groups is 1. The maximum atomic E-state index is 13.0. The standard InChI is InChI=1S/C20H23FN2O2/c21-18-10-8-16(9-11-18)13-23-12-4-7-19(14-23)22-20(24)25-15-17-5-2-1-3-6-17/h1-3,5-6,8-11,19H,4,7,12-15H2,(H,22,24). The second kappa shape index (κ2) is 8.62. The molecule has 0 radical (unpaired) electrons. The average Bonchev–Trinajstić information content (AvgIpc) is 2.63. The number of nitrogens with one attached hydrogen (secondary N) is 1. The number of hydrogen-bond acceptors (Lipinski definition) is 3. The van der Waals surface area contributed by atoms with Crippen LogP contribution in [0.1, 0.15) is 24.0 Å². The fraction of sp³-hybridized carbons (Fsp3) is 0.350. The summed E-state index contributed by atoms with van der Waals surface area (Å²) < 4.78 is 18.3. The van der Waals surface area contributed by atoms with E-state index >= 15 is 0 Å². The van der Waals surface area contributed by atoms with Gasteiger partial charge in [0.15, 0.2) is 0 Å². The van der Waals surface area contributed by atoms with Crippen LogP contribution in [0, 0.1) is 5.82 Å². The van der Waals surface area contributed by atoms with Crippen molar-refractivity contribution in [1.29, 1.82) is 0 Å². The van der Waals surface area contributed by atoms with Gasteiger partial charge in [-0.1, -0.05) is 42.5 Å². The Morgan fingerprint density at radius 2 is 1.88 bits per heavy atom. The minimum absolute atomic E-state index is 0.0810. The first-order valence-corrected chi connectivity index (χ1v) is 8.63. The Balaban J connectivity index is 1.44. The monoisotopic (exact) mass is 342 g/mol. The number of benzene rings is 2. The largest absolute Gasteiger partial charge is 0.445 e. The highest BCUT2D eigenvalue weighted by atomic mass is 19.1. The first kappa shape index (κ1) is 17.4. The summed E-state index contributed by atoms with van der Waals surface area (Å²) in [5.74, 6) is -0.219. The van der Waals surface area contributed by atoms with Crippen molar-refractivity contribution >= 4 is 6.09 Å². The summed E-state index contributed by atoms with van der Waals surface area (Å²) in [5, 5.41) is 2.95. The van der Waals surface area contributed by atoms with Crippen molar-refractivity contribution in [3.63, 3.8) is 0 Å². The summed E-state index contributed by atoms with van der Waals surface area (Å²) in [4.78, 5) is 14.3. The van der Waals surface area contributed by atoms with Crippen LogP contribution in [0.2, 0.25) is 0 Å². The molecule has 1 atom stereocenters. The number of hydrogen-bond donors (Lipinski definition) is 1. The van der Waals surface area contributed by atoms with Gasteiger partial charge < -0.3 is 10.1 Å². The van der Waals surface area contributed by atoms with Gasteiger partial charge in [0.05, 0.1) is 0 Å². The van der Waals surface area contributed by atoms with E-state index in [1.54, 1.807) is 12.1 Å². The maximum absolute atomic E-state index is 13.0. The third-order valence-corrected chi connectivity index (χ3v) is 4.36. The number of ether oxygens (including phenoxy) is 1. The first-order valence-electron chi connectivity index (χ1n) is 8.63. The van der Waals surface area contributed by atoms with Crippen molar-refractivity contribution in [2.75, 3.05) is 13.1 Å². The molecule has 1 heterocycles. The summed E-state index contributed by atoms with van der Waals surface area (Å²) in [6.45, 7) is 2.79. The van der Waals surface area contributed by atoms with Crippen LogP contribution < -0.4 is 5.32 Å². The Labute approximate surface area is 147 Å². The lowest BCUT2D eigenvalue weighted by molar-refractivity contribution is 0.123. The third-order valence-electron chi connectivity index (χ3n) is 4.36. The van der Waals surface area contributed by atoms with Crippen LogP contribution in [0.15, 0.2) is 54.6 Å². The summed E-state index contributed by atoms with van der Waals surface area (Å²) in [7, 11) is 0. The minimum atomic E-state index is -0.377. The van der Waals surface area contributed by atoms with E-state index in [1.165, 1.54) is 12.1 Å². The Morgan fingerprint density at radius 1 is 1.12 bits per heavy atom. The molecule has 0 bridgehead atoms. The summed E-state index contributed by atoms with van der Waals surface area (Å²) in [5.41, 5.74) is 2.05. The SMILES string of the molecule is O=C(NC1CCCN(Cc2ccc(F)cc2)C1)OCc1ccccc1. The molecule has 0 saturated carbocycles. The normalized spacial score (nSPS) is 17.9. The topological polar surface area (TPSA) is 41.6 Å². The highest BCUT2D eigenvalue weighted by molar-refractivity contribution is 5.67. The van der Waals surface area contributed by atoms with Crippen molar-refractivity contribution in [2.45, 2.75) is 32.0 Å². The molecule has 3 rings (SSSR count). The predicted molar refractivity (Wildman–Crippen MR) is 94.5 cm³/mol. The third kappa shape index (κ3) is 5.57. The second-order valence-electron chi connectivity index (χ2n) is 6.41. The molecule has 132 valence electrons. The van der Waals surface area contributed by atoms with E-state index in [1.807, 2.05) is 30.3 Å². The van der Waals surface area contributed by atoms with E-state index in [4.69, 9.17) is 4.74 Å². The lowest BCUT2D eigenvalue weighted by atomic mass is 10.0. The van der Waals surface area contributed by atoms with Gasteiger partial charge in [-0.3, -0.25) is 4.90 Å². The first-order chi connectivity index (χ1) is 12.2. The Hall–Kier alpha value is -2.40. The second-order valence-corrected chi connectivity index (χ2v) is 6.41. The fourth-order valence-corrected chi connectivity index (χ4v) is 3.10. The molecular weight excluding hydrogens is 319 g/mol. The van der Waals surface area contributed by atoms with Gasteiger partial charge in [-0.05, 0) is 42.6 Å². The zero-order valence-electron chi connectivity index (χ0n) is 14.2. The van der Waals surface area contributed by atoms with Crippen LogP contribution in [-0.4, -0.2) is 30.1 Å². The number of nitrogens with zero attached hydrogens (tertiary/aromatic N) is 1. The van der Waals surface area contributed by atoms with Crippen molar-refractivity contribution in [3.05, 3.63) is 71.5 Å². The highest BCUT2D eigenvalue weighted by Crippen LogP contribution is 2.14. The van der Waals surface area contributed by atoms with Gasteiger partial charge in [0.2, 0.25) is 0 Å². The Kier molecular flexibility index (Phi) is 6.01. The lowest BCUT2D eigenvalue weighted by Crippen LogP contribution is -2.47. The van der Waals surface area contributed by atoms with E-state index in [2.05, 4.69) is 10.2 Å². The van der Waals surface area contributed by atoms with Gasteiger partial charge in [-0.25, -0.2) is 9.18 Å². The zero-order valence-corrected chi connectivity index (χ0v) is 14.2. The quantitative estimate of drug-likeness (QED) is 0.900. The van der Waals surface area contributed by atoms with Crippen LogP contribution in [0.25, 0.3) is 0 Å². The number of alkyl carbamates (subject to hydrolysis) is 1. The average molecular weight is 342 g/mol. The molecule has 1 unspecified atom stereocenters. The van der Waals surface area contributed by atoms with Crippen molar-refractivity contribution in [1.82, 2.24) is 10.2 Å². The van der Waals surface area contributed by atoms with E-state index in [-0.39, 0.29) is 24.6 Å². The Bertz CT molecular complexity index is 676. The molecule has 0 aliphatic carbocycles. The smallest absolute Gasteiger partial charge is 0.407 e. The van der Waals surface area contributed by atoms with Crippen molar-refractivity contribution in [2.24, 2.45) is 0 Å². The van der Waals surface area contributed by atoms with Gasteiger partial charge in [-0.2, -0.15) is 0 Å². The molecule has 1 amide bonds. The molecular formula is C20H23FN2O2. The van der Waals surface area contributed by atoms with E-state index < -0.39 is 0 Å². The van der Waals surface area contributed by atoms with Crippen LogP contribution in [0.4, 0.5) is 9.18 Å². The predicted octanol–water partition coefficient (Wildman–Crippen LogP) is 3.72. The molecule has 25 heavy (non-hydrogen) atoms. The van der Waals surface area contributed by atoms with Crippen LogP contribution in [0.3, 0.4) is 0 Å². The van der Waals surface area contributed by atoms with Crippen molar-refractivity contribution in [3.8, 4) is 0 Å². The van der Waals surface area contributed by atoms with E-state index in [0.29, 0.717) is 0 Å². The number of rotatable bonds is 5. The number of halogens is 1. The minimum Gasteiger partial charge on any atom is -0.445 e. The number of likely N-dealkylation sites (tertiary alicyclic amines) is 1. The molecule has 4 nitrogen and oxygen atoms in total. The number of piperidine rings is 1. The van der Waals surface area contributed by atoms with Crippen LogP contribution in [0.5, 0.6) is 0 Å². The molecule has 0 spiro atoms. The Morgan fingerprint density at radius 3 is 2.64 bits per heavy atom. The van der Waals surface area contributed by atoms with Crippen molar-refractivity contribution < 1.29 is 13.9 Å². The van der Waals surface area contributed by atoms with Gasteiger partial charge in [-0.15, -0.1) is 0 Å². The van der Waals surface area contributed by atoms with Crippen LogP contribution in [-0.2, 0) is 17.9 Å². The summed E-state index contributed by atoms with van der Waals surface area (Å²) >= 11 is 0. The van der Waals surface area contributed by atoms with E-state index in [9.17, 15) is 9.18 Å². The highest BCUT2D eigenvalue weighted by Gasteiger charge is 2.22. The van der Waals surface area contributed by atoms with Gasteiger partial charge in [0.25, 0.3) is 0 Å². The zero-order chi connectivity index (χ0) is 17.5. The fourth-order valence-electron chi connectivity index (χ4n) is 3.10. The molecule has 1 aliphatic heterocycles. The van der Waals surface area contributed by atoms with Gasteiger partial charge in [0, 0.05) is 19.1 Å². The summed E-state index contributed by atoms with van der Waals surface area (Å²) in [6, 6.07) is 16.3. The summed E-state index contributed by atoms with van der Waals surface area (Å²) in [6.07, 6.45) is 1.59. The molecule has 1 aliphatic rings. The molecule has 5 heteroatoms. The molecule has 1 saturated heterocycles. The molecule has 2 aromatic rings. The molecule has 0 aromatic heterocycles. The van der Waals surface area contributed by atoms with Gasteiger partial charge in [0.1, 0.15) is 12.4 Å². The molecule has 1 fully saturated rings. The number of amides is 1. The van der Waals surface area contributed by atoms with Crippen LogP contribution >= 0.6 is 0 Å². The number of carbonyl (C=O) groups excluding carboxylic acids is 1. The van der Waals surface area contributed by atoms with Gasteiger partial charge >= 0.3 is 6.09 Å².